The van der Waals surface area contributed by atoms with Crippen LogP contribution >= 0.6 is 0 Å². The van der Waals surface area contributed by atoms with Crippen molar-refractivity contribution in [1.82, 2.24) is 40.4 Å². The Morgan fingerprint density at radius 2 is 1.22 bits per heavy atom. The van der Waals surface area contributed by atoms with Crippen LogP contribution in [0.15, 0.2) is 54.6 Å². The van der Waals surface area contributed by atoms with Crippen LogP contribution in [0.3, 0.4) is 0 Å². The lowest BCUT2D eigenvalue weighted by Crippen LogP contribution is -2.51. The first-order valence-corrected chi connectivity index (χ1v) is 22.8. The lowest BCUT2D eigenvalue weighted by molar-refractivity contribution is -0.136. The van der Waals surface area contributed by atoms with Crippen LogP contribution in [-0.4, -0.2) is 97.2 Å². The molecule has 0 aliphatic carbocycles. The highest BCUT2D eigenvalue weighted by atomic mass is 19.1. The molecule has 3 saturated heterocycles. The number of anilines is 1. The van der Waals surface area contributed by atoms with Gasteiger partial charge in [-0.25, -0.2) is 23.9 Å². The summed E-state index contributed by atoms with van der Waals surface area (Å²) >= 11 is 0. The number of ether oxygens (including phenoxy) is 2. The molecule has 8 rings (SSSR count). The number of hydrogen-bond donors (Lipinski definition) is 5. The highest BCUT2D eigenvalue weighted by Crippen LogP contribution is 2.48. The zero-order valence-electron chi connectivity index (χ0n) is 38.1. The molecule has 5 heterocycles. The van der Waals surface area contributed by atoms with Crippen molar-refractivity contribution in [2.75, 3.05) is 25.1 Å². The second-order valence-electron chi connectivity index (χ2n) is 18.5. The summed E-state index contributed by atoms with van der Waals surface area (Å²) in [5.74, 6) is 0.246. The Morgan fingerprint density at radius 3 is 1.66 bits per heavy atom. The van der Waals surface area contributed by atoms with Crippen molar-refractivity contribution in [3.05, 3.63) is 83.2 Å². The van der Waals surface area contributed by atoms with Crippen molar-refractivity contribution in [2.24, 2.45) is 11.8 Å². The van der Waals surface area contributed by atoms with Crippen molar-refractivity contribution in [3.63, 3.8) is 0 Å². The Bertz CT molecular complexity index is 2570. The smallest absolute Gasteiger partial charge is 0.407 e. The molecule has 5 aromatic rings. The Hall–Kier alpha value is -6.39. The number of aromatic nitrogens is 4. The summed E-state index contributed by atoms with van der Waals surface area (Å²) in [5.41, 5.74) is 5.88. The number of halogens is 1. The van der Waals surface area contributed by atoms with Crippen molar-refractivity contribution < 1.29 is 38.1 Å². The van der Waals surface area contributed by atoms with Crippen LogP contribution in [0.5, 0.6) is 5.75 Å². The van der Waals surface area contributed by atoms with E-state index in [-0.39, 0.29) is 59.7 Å². The third-order valence-corrected chi connectivity index (χ3v) is 13.1. The summed E-state index contributed by atoms with van der Waals surface area (Å²) in [6.45, 7) is 12.2. The average Bonchev–Trinajstić information content (AvgIpc) is 4.12. The topological polar surface area (TPSA) is 198 Å². The van der Waals surface area contributed by atoms with E-state index < -0.39 is 30.1 Å². The predicted molar refractivity (Wildman–Crippen MR) is 243 cm³/mol. The van der Waals surface area contributed by atoms with Crippen molar-refractivity contribution in [2.45, 2.75) is 122 Å². The summed E-state index contributed by atoms with van der Waals surface area (Å²) in [7, 11) is 1.28. The molecule has 65 heavy (non-hydrogen) atoms. The van der Waals surface area contributed by atoms with Crippen LogP contribution < -0.4 is 20.3 Å². The van der Waals surface area contributed by atoms with Crippen LogP contribution in [0.1, 0.15) is 127 Å². The number of rotatable bonds is 13. The molecule has 3 aliphatic heterocycles. The van der Waals surface area contributed by atoms with E-state index in [4.69, 9.17) is 19.4 Å². The number of carbonyl (C=O) groups is 4. The summed E-state index contributed by atoms with van der Waals surface area (Å²) in [5, 5.41) is 14.6. The largest absolute Gasteiger partial charge is 0.488 e. The molecule has 3 aliphatic rings. The lowest BCUT2D eigenvalue weighted by atomic mass is 10.0. The monoisotopic (exact) mass is 893 g/mol. The minimum Gasteiger partial charge on any atom is -0.488 e. The van der Waals surface area contributed by atoms with Crippen LogP contribution in [0.2, 0.25) is 0 Å². The zero-order chi connectivity index (χ0) is 46.3. The van der Waals surface area contributed by atoms with Gasteiger partial charge in [-0.2, -0.15) is 0 Å². The summed E-state index contributed by atoms with van der Waals surface area (Å²) < 4.78 is 26.4. The number of aromatic amines is 2. The van der Waals surface area contributed by atoms with E-state index in [1.165, 1.54) is 7.11 Å². The van der Waals surface area contributed by atoms with Gasteiger partial charge in [0, 0.05) is 24.8 Å². The van der Waals surface area contributed by atoms with E-state index in [1.54, 1.807) is 21.9 Å². The fourth-order valence-electron chi connectivity index (χ4n) is 9.98. The third-order valence-electron chi connectivity index (χ3n) is 13.1. The standard InChI is InChI=1S/C48H60FN9O7/c1-25(2)41(54-47(61)62)45(59)56-20-8-10-38(56)43-50-32-15-12-28(22-34(32)52-43)36-17-18-37(58(36)30-14-19-40(31(49)24-30)65-27(5)6)29-13-16-33-35(23-29)53-44(51-33)39-11-9-21-57(39)46(60)42(26(3)4)55-48(63)64-7/h12-16,19,22-27,36-39,41-42,54H,8-11,17-18,20-21H2,1-7H3,(H,50,52)(H,51,53)(H,55,63)(H,61,62)/t36-,37-,38+,39+,41+,42+/m1/s1. The Labute approximate surface area is 377 Å². The number of nitrogens with zero attached hydrogens (tertiary/aromatic N) is 5. The Kier molecular flexibility index (Phi) is 12.9. The molecule has 0 unspecified atom stereocenters. The molecule has 3 fully saturated rings. The third kappa shape index (κ3) is 9.14. The molecule has 0 spiro atoms. The second-order valence-corrected chi connectivity index (χ2v) is 18.5. The molecule has 0 bridgehead atoms. The van der Waals surface area contributed by atoms with E-state index >= 15 is 4.39 Å². The normalized spacial score (nSPS) is 20.9. The molecule has 0 saturated carbocycles. The van der Waals surface area contributed by atoms with E-state index in [0.29, 0.717) is 36.8 Å². The van der Waals surface area contributed by atoms with Gasteiger partial charge in [-0.3, -0.25) is 9.59 Å². The number of hydrogen-bond acceptors (Lipinski definition) is 9. The highest BCUT2D eigenvalue weighted by Gasteiger charge is 2.40. The molecule has 4 amide bonds. The van der Waals surface area contributed by atoms with Crippen LogP contribution in [-0.2, 0) is 14.3 Å². The number of carboxylic acid groups (broad SMARTS) is 1. The molecule has 5 N–H and O–H groups in total. The number of alkyl carbamates (subject to hydrolysis) is 1. The first-order valence-electron chi connectivity index (χ1n) is 22.8. The van der Waals surface area contributed by atoms with Gasteiger partial charge in [0.1, 0.15) is 23.7 Å². The van der Waals surface area contributed by atoms with Gasteiger partial charge in [0.15, 0.2) is 11.6 Å². The molecule has 0 radical (unpaired) electrons. The number of carbonyl (C=O) groups excluding carboxylic acids is 3. The first kappa shape index (κ1) is 45.2. The second kappa shape index (κ2) is 18.6. The van der Waals surface area contributed by atoms with Gasteiger partial charge in [0.05, 0.1) is 59.4 Å². The Morgan fingerprint density at radius 1 is 0.708 bits per heavy atom. The highest BCUT2D eigenvalue weighted by molar-refractivity contribution is 5.87. The molecule has 2 aromatic heterocycles. The zero-order valence-corrected chi connectivity index (χ0v) is 38.1. The Balaban J connectivity index is 1.10. The maximum absolute atomic E-state index is 15.9. The molecular formula is C48H60FN9O7. The number of benzene rings is 3. The minimum atomic E-state index is -1.24. The number of methoxy groups -OCH3 is 1. The number of likely N-dealkylation sites (tertiary alicyclic amines) is 2. The fourth-order valence-corrected chi connectivity index (χ4v) is 9.98. The average molecular weight is 894 g/mol. The van der Waals surface area contributed by atoms with Gasteiger partial charge >= 0.3 is 12.2 Å². The molecule has 6 atom stereocenters. The van der Waals surface area contributed by atoms with Crippen LogP contribution in [0.4, 0.5) is 19.7 Å². The quantitative estimate of drug-likeness (QED) is 0.0765. The van der Waals surface area contributed by atoms with Gasteiger partial charge < -0.3 is 49.9 Å². The number of H-pyrrole nitrogens is 2. The minimum absolute atomic E-state index is 0.146. The number of nitrogens with one attached hydrogen (secondary N) is 4. The van der Waals surface area contributed by atoms with Crippen LogP contribution in [0.25, 0.3) is 22.1 Å². The molecule has 16 nitrogen and oxygen atoms in total. The SMILES string of the molecule is COC(=O)N[C@H](C(=O)N1CCC[C@H]1c1nc2ccc([C@H]3CC[C@H](c4ccc5nc([C@@H]6CCCN6C(=O)[C@@H](NC(=O)O)C(C)C)[nH]c5c4)N3c3ccc(OC(C)C)c(F)c3)cc2[nH]1)C(C)C. The van der Waals surface area contributed by atoms with Crippen molar-refractivity contribution >= 4 is 51.8 Å². The van der Waals surface area contributed by atoms with Gasteiger partial charge in [-0.1, -0.05) is 39.8 Å². The number of imidazole rings is 2. The maximum atomic E-state index is 15.9. The predicted octanol–water partition coefficient (Wildman–Crippen LogP) is 8.45. The van der Waals surface area contributed by atoms with E-state index in [0.717, 1.165) is 65.3 Å². The summed E-state index contributed by atoms with van der Waals surface area (Å²) in [6.07, 6.45) is 2.44. The van der Waals surface area contributed by atoms with Crippen molar-refractivity contribution in [3.8, 4) is 5.75 Å². The van der Waals surface area contributed by atoms with Gasteiger partial charge in [0.2, 0.25) is 11.8 Å². The molecule has 3 aromatic carbocycles. The van der Waals surface area contributed by atoms with Crippen molar-refractivity contribution in [1.29, 1.82) is 0 Å². The van der Waals surface area contributed by atoms with Crippen LogP contribution in [0, 0.1) is 17.7 Å². The van der Waals surface area contributed by atoms with Gasteiger partial charge in [-0.05, 0) is 112 Å². The van der Waals surface area contributed by atoms with Gasteiger partial charge in [0.25, 0.3) is 0 Å². The molecule has 346 valence electrons. The summed E-state index contributed by atoms with van der Waals surface area (Å²) in [6, 6.07) is 14.9. The fraction of sp³-hybridized carbons (Fsp3) is 0.500. The first-order chi connectivity index (χ1) is 31.1. The van der Waals surface area contributed by atoms with E-state index in [2.05, 4.69) is 49.8 Å². The van der Waals surface area contributed by atoms with E-state index in [1.807, 2.05) is 59.7 Å². The molecule has 17 heteroatoms. The lowest BCUT2D eigenvalue weighted by Gasteiger charge is -2.33. The summed E-state index contributed by atoms with van der Waals surface area (Å²) in [4.78, 5) is 74.0. The van der Waals surface area contributed by atoms with Gasteiger partial charge in [-0.15, -0.1) is 0 Å². The maximum Gasteiger partial charge on any atom is 0.407 e. The number of amides is 4. The van der Waals surface area contributed by atoms with E-state index in [9.17, 15) is 24.3 Å². The molecular weight excluding hydrogens is 834 g/mol. The number of fused-ring (bicyclic) bond motifs is 2.